The van der Waals surface area contributed by atoms with Crippen LogP contribution in [0, 0.1) is 0 Å². The normalized spacial score (nSPS) is 16.2. The van der Waals surface area contributed by atoms with E-state index in [0.29, 0.717) is 32.7 Å². The number of carbonyl (C=O) groups excluding carboxylic acids is 1. The molecule has 1 saturated heterocycles. The van der Waals surface area contributed by atoms with Gasteiger partial charge in [0, 0.05) is 39.1 Å². The first-order valence-electron chi connectivity index (χ1n) is 8.07. The molecular formula is C16H25N3O3S. The van der Waals surface area contributed by atoms with E-state index in [4.69, 9.17) is 0 Å². The van der Waals surface area contributed by atoms with Gasteiger partial charge in [-0.15, -0.1) is 0 Å². The Labute approximate surface area is 138 Å². The minimum absolute atomic E-state index is 0.0254. The van der Waals surface area contributed by atoms with E-state index >= 15 is 0 Å². The maximum absolute atomic E-state index is 12.1. The maximum atomic E-state index is 12.1. The lowest BCUT2D eigenvalue weighted by molar-refractivity contribution is -0.120. The summed E-state index contributed by atoms with van der Waals surface area (Å²) < 4.78 is 25.7. The molecule has 6 nitrogen and oxygen atoms in total. The highest BCUT2D eigenvalue weighted by Gasteiger charge is 2.24. The lowest BCUT2D eigenvalue weighted by atomic mass is 10.1. The summed E-state index contributed by atoms with van der Waals surface area (Å²) in [5.74, 6) is -0.311. The number of amides is 1. The summed E-state index contributed by atoms with van der Waals surface area (Å²) in [6.45, 7) is 2.89. The predicted octanol–water partition coefficient (Wildman–Crippen LogP) is 0.361. The van der Waals surface area contributed by atoms with Crippen LogP contribution in [0.5, 0.6) is 0 Å². The fourth-order valence-corrected chi connectivity index (χ4v) is 3.97. The van der Waals surface area contributed by atoms with Crippen LogP contribution in [-0.2, 0) is 21.2 Å². The zero-order valence-electron chi connectivity index (χ0n) is 13.3. The van der Waals surface area contributed by atoms with Crippen molar-refractivity contribution in [2.45, 2.75) is 19.3 Å². The Morgan fingerprint density at radius 1 is 1.17 bits per heavy atom. The predicted molar refractivity (Wildman–Crippen MR) is 90.6 cm³/mol. The highest BCUT2D eigenvalue weighted by molar-refractivity contribution is 7.89. The van der Waals surface area contributed by atoms with E-state index in [1.807, 2.05) is 18.2 Å². The van der Waals surface area contributed by atoms with E-state index in [0.717, 1.165) is 12.8 Å². The summed E-state index contributed by atoms with van der Waals surface area (Å²) in [5.41, 5.74) is 1.24. The van der Waals surface area contributed by atoms with Crippen LogP contribution in [0.3, 0.4) is 0 Å². The average Bonchev–Trinajstić information content (AvgIpc) is 2.59. The highest BCUT2D eigenvalue weighted by Crippen LogP contribution is 2.05. The Morgan fingerprint density at radius 2 is 1.87 bits per heavy atom. The van der Waals surface area contributed by atoms with Crippen LogP contribution in [0.4, 0.5) is 0 Å². The van der Waals surface area contributed by atoms with Gasteiger partial charge in [0.1, 0.15) is 0 Å². The van der Waals surface area contributed by atoms with Crippen LogP contribution in [0.1, 0.15) is 18.4 Å². The van der Waals surface area contributed by atoms with Crippen molar-refractivity contribution < 1.29 is 13.2 Å². The molecule has 7 heteroatoms. The van der Waals surface area contributed by atoms with Crippen LogP contribution in [0.25, 0.3) is 0 Å². The van der Waals surface area contributed by atoms with Crippen molar-refractivity contribution in [1.29, 1.82) is 0 Å². The average molecular weight is 339 g/mol. The van der Waals surface area contributed by atoms with E-state index in [1.54, 1.807) is 0 Å². The molecule has 0 aromatic heterocycles. The SMILES string of the molecule is O=C(CCS(=O)(=O)N1CCNCC1)NCCCc1ccccc1. The Morgan fingerprint density at radius 3 is 2.57 bits per heavy atom. The van der Waals surface area contributed by atoms with E-state index < -0.39 is 10.0 Å². The van der Waals surface area contributed by atoms with Crippen molar-refractivity contribution in [3.63, 3.8) is 0 Å². The third kappa shape index (κ3) is 6.29. The smallest absolute Gasteiger partial charge is 0.221 e. The fourth-order valence-electron chi connectivity index (χ4n) is 2.53. The number of carbonyl (C=O) groups is 1. The summed E-state index contributed by atoms with van der Waals surface area (Å²) in [6.07, 6.45) is 1.78. The standard InChI is InChI=1S/C16H25N3O3S/c20-16(18-9-4-7-15-5-2-1-3-6-15)8-14-23(21,22)19-12-10-17-11-13-19/h1-3,5-6,17H,4,7-14H2,(H,18,20). The number of hydrogen-bond donors (Lipinski definition) is 2. The molecular weight excluding hydrogens is 314 g/mol. The van der Waals surface area contributed by atoms with Gasteiger partial charge in [-0.2, -0.15) is 4.31 Å². The van der Waals surface area contributed by atoms with Crippen LogP contribution in [0.15, 0.2) is 30.3 Å². The maximum Gasteiger partial charge on any atom is 0.221 e. The topological polar surface area (TPSA) is 78.5 Å². The molecule has 0 atom stereocenters. The first kappa shape index (κ1) is 17.9. The number of nitrogens with zero attached hydrogens (tertiary/aromatic N) is 1. The van der Waals surface area contributed by atoms with Gasteiger partial charge in [-0.3, -0.25) is 4.79 Å². The van der Waals surface area contributed by atoms with Gasteiger partial charge in [-0.25, -0.2) is 8.42 Å². The van der Waals surface area contributed by atoms with Crippen molar-refractivity contribution in [2.24, 2.45) is 0 Å². The molecule has 0 bridgehead atoms. The van der Waals surface area contributed by atoms with Gasteiger partial charge in [0.2, 0.25) is 15.9 Å². The Balaban J connectivity index is 1.62. The number of sulfonamides is 1. The summed E-state index contributed by atoms with van der Waals surface area (Å²) in [6, 6.07) is 10.1. The van der Waals surface area contributed by atoms with Gasteiger partial charge in [-0.1, -0.05) is 30.3 Å². The number of aryl methyl sites for hydroxylation is 1. The van der Waals surface area contributed by atoms with Crippen LogP contribution in [0.2, 0.25) is 0 Å². The molecule has 0 aliphatic carbocycles. The minimum Gasteiger partial charge on any atom is -0.356 e. The third-order valence-electron chi connectivity index (χ3n) is 3.86. The molecule has 1 aliphatic heterocycles. The zero-order valence-corrected chi connectivity index (χ0v) is 14.1. The molecule has 2 N–H and O–H groups in total. The zero-order chi connectivity index (χ0) is 16.5. The molecule has 1 amide bonds. The highest BCUT2D eigenvalue weighted by atomic mass is 32.2. The van der Waals surface area contributed by atoms with Crippen molar-refractivity contribution in [3.05, 3.63) is 35.9 Å². The second kappa shape index (κ2) is 9.00. The molecule has 1 heterocycles. The minimum atomic E-state index is -3.32. The molecule has 2 rings (SSSR count). The lowest BCUT2D eigenvalue weighted by Gasteiger charge is -2.26. The Bertz CT molecular complexity index is 584. The number of hydrogen-bond acceptors (Lipinski definition) is 4. The Kier molecular flexibility index (Phi) is 7.01. The third-order valence-corrected chi connectivity index (χ3v) is 5.74. The first-order chi connectivity index (χ1) is 11.1. The fraction of sp³-hybridized carbons (Fsp3) is 0.562. The summed E-state index contributed by atoms with van der Waals surface area (Å²) in [7, 11) is -3.32. The van der Waals surface area contributed by atoms with E-state index in [9.17, 15) is 13.2 Å². The van der Waals surface area contributed by atoms with Crippen LogP contribution >= 0.6 is 0 Å². The Hall–Kier alpha value is -1.44. The van der Waals surface area contributed by atoms with E-state index in [-0.39, 0.29) is 18.1 Å². The second-order valence-corrected chi connectivity index (χ2v) is 7.74. The van der Waals surface area contributed by atoms with E-state index in [2.05, 4.69) is 22.8 Å². The number of piperazine rings is 1. The van der Waals surface area contributed by atoms with Gasteiger partial charge < -0.3 is 10.6 Å². The van der Waals surface area contributed by atoms with Crippen molar-refractivity contribution in [3.8, 4) is 0 Å². The molecule has 0 spiro atoms. The second-order valence-electron chi connectivity index (χ2n) is 5.65. The molecule has 1 aromatic rings. The number of rotatable bonds is 8. The molecule has 0 radical (unpaired) electrons. The number of nitrogens with one attached hydrogen (secondary N) is 2. The quantitative estimate of drug-likeness (QED) is 0.671. The van der Waals surface area contributed by atoms with Gasteiger partial charge in [-0.05, 0) is 18.4 Å². The molecule has 23 heavy (non-hydrogen) atoms. The monoisotopic (exact) mass is 339 g/mol. The summed E-state index contributed by atoms with van der Waals surface area (Å²) >= 11 is 0. The van der Waals surface area contributed by atoms with Gasteiger partial charge in [0.15, 0.2) is 0 Å². The first-order valence-corrected chi connectivity index (χ1v) is 9.68. The molecule has 0 unspecified atom stereocenters. The van der Waals surface area contributed by atoms with Crippen LogP contribution < -0.4 is 10.6 Å². The van der Waals surface area contributed by atoms with Gasteiger partial charge in [0.05, 0.1) is 5.75 Å². The summed E-state index contributed by atoms with van der Waals surface area (Å²) in [5, 5.41) is 5.91. The molecule has 0 saturated carbocycles. The lowest BCUT2D eigenvalue weighted by Crippen LogP contribution is -2.47. The molecule has 128 valence electrons. The molecule has 1 fully saturated rings. The van der Waals surface area contributed by atoms with Crippen molar-refractivity contribution >= 4 is 15.9 Å². The van der Waals surface area contributed by atoms with E-state index in [1.165, 1.54) is 9.87 Å². The van der Waals surface area contributed by atoms with Crippen molar-refractivity contribution in [1.82, 2.24) is 14.9 Å². The van der Waals surface area contributed by atoms with Crippen molar-refractivity contribution in [2.75, 3.05) is 38.5 Å². The van der Waals surface area contributed by atoms with Gasteiger partial charge >= 0.3 is 0 Å². The van der Waals surface area contributed by atoms with Gasteiger partial charge in [0.25, 0.3) is 0 Å². The van der Waals surface area contributed by atoms with Crippen LogP contribution in [-0.4, -0.2) is 57.1 Å². The molecule has 1 aliphatic rings. The summed E-state index contributed by atoms with van der Waals surface area (Å²) in [4.78, 5) is 11.8. The largest absolute Gasteiger partial charge is 0.356 e. The molecule has 1 aromatic carbocycles. The number of benzene rings is 1.